The van der Waals surface area contributed by atoms with Crippen LogP contribution in [0.15, 0.2) is 84.9 Å². The van der Waals surface area contributed by atoms with Gasteiger partial charge in [0.25, 0.3) is 0 Å². The monoisotopic (exact) mass is 484 g/mol. The summed E-state index contributed by atoms with van der Waals surface area (Å²) in [5, 5.41) is 3.08. The maximum absolute atomic E-state index is 13.7. The lowest BCUT2D eigenvalue weighted by molar-refractivity contribution is -0.141. The topological polar surface area (TPSA) is 49.4 Å². The quantitative estimate of drug-likeness (QED) is 0.290. The third-order valence-corrected chi connectivity index (χ3v) is 6.57. The number of carbonyl (C=O) groups excluding carboxylic acids is 2. The number of hydrogen-bond donors (Lipinski definition) is 1. The standard InChI is InChI=1S/C32H40N2O2/c1-4-5-22-33-32(36)30(23-27-12-8-6-9-13-27)34(24-28-14-10-7-11-15-28)31(35)21-18-26-16-19-29(20-17-26)25(2)3/h6-17,19-20,25,30H,4-5,18,21-24H2,1-3H3,(H,33,36). The summed E-state index contributed by atoms with van der Waals surface area (Å²) in [5.74, 6) is 0.392. The third kappa shape index (κ3) is 8.37. The minimum absolute atomic E-state index is 0.00152. The van der Waals surface area contributed by atoms with Crippen molar-refractivity contribution in [3.05, 3.63) is 107 Å². The van der Waals surface area contributed by atoms with Crippen molar-refractivity contribution in [1.29, 1.82) is 0 Å². The van der Waals surface area contributed by atoms with E-state index >= 15 is 0 Å². The fourth-order valence-corrected chi connectivity index (χ4v) is 4.30. The van der Waals surface area contributed by atoms with Gasteiger partial charge in [0.15, 0.2) is 0 Å². The van der Waals surface area contributed by atoms with Crippen molar-refractivity contribution < 1.29 is 9.59 Å². The summed E-state index contributed by atoms with van der Waals surface area (Å²) in [7, 11) is 0. The van der Waals surface area contributed by atoms with E-state index in [2.05, 4.69) is 50.4 Å². The molecule has 0 heterocycles. The average molecular weight is 485 g/mol. The van der Waals surface area contributed by atoms with Crippen molar-refractivity contribution in [3.8, 4) is 0 Å². The molecule has 0 spiro atoms. The van der Waals surface area contributed by atoms with Gasteiger partial charge in [0.1, 0.15) is 6.04 Å². The zero-order valence-electron chi connectivity index (χ0n) is 22.0. The van der Waals surface area contributed by atoms with Crippen LogP contribution < -0.4 is 5.32 Å². The van der Waals surface area contributed by atoms with Crippen LogP contribution in [-0.2, 0) is 29.0 Å². The number of rotatable bonds is 13. The molecule has 190 valence electrons. The fraction of sp³-hybridized carbons (Fsp3) is 0.375. The Hall–Kier alpha value is -3.40. The maximum Gasteiger partial charge on any atom is 0.243 e. The highest BCUT2D eigenvalue weighted by Crippen LogP contribution is 2.19. The summed E-state index contributed by atoms with van der Waals surface area (Å²) >= 11 is 0. The highest BCUT2D eigenvalue weighted by atomic mass is 16.2. The third-order valence-electron chi connectivity index (χ3n) is 6.57. The number of hydrogen-bond acceptors (Lipinski definition) is 2. The molecule has 0 fully saturated rings. The molecule has 0 aromatic heterocycles. The van der Waals surface area contributed by atoms with Gasteiger partial charge in [0.05, 0.1) is 0 Å². The molecular formula is C32H40N2O2. The zero-order valence-corrected chi connectivity index (χ0v) is 22.0. The van der Waals surface area contributed by atoms with Crippen LogP contribution in [0.3, 0.4) is 0 Å². The zero-order chi connectivity index (χ0) is 25.8. The van der Waals surface area contributed by atoms with Crippen molar-refractivity contribution >= 4 is 11.8 Å². The molecule has 2 amide bonds. The first-order valence-electron chi connectivity index (χ1n) is 13.2. The van der Waals surface area contributed by atoms with Gasteiger partial charge in [-0.05, 0) is 41.0 Å². The molecule has 0 aliphatic carbocycles. The Morgan fingerprint density at radius 3 is 2.00 bits per heavy atom. The number of benzene rings is 3. The minimum atomic E-state index is -0.569. The molecule has 0 aliphatic rings. The number of nitrogens with one attached hydrogen (secondary N) is 1. The predicted octanol–water partition coefficient (Wildman–Crippen LogP) is 6.30. The molecule has 0 aliphatic heterocycles. The lowest BCUT2D eigenvalue weighted by Gasteiger charge is -2.31. The Kier molecular flexibility index (Phi) is 10.7. The second-order valence-corrected chi connectivity index (χ2v) is 9.75. The Morgan fingerprint density at radius 2 is 1.42 bits per heavy atom. The van der Waals surface area contributed by atoms with Gasteiger partial charge in [0.2, 0.25) is 11.8 Å². The van der Waals surface area contributed by atoms with Gasteiger partial charge in [-0.15, -0.1) is 0 Å². The molecule has 0 saturated heterocycles. The molecule has 4 heteroatoms. The second-order valence-electron chi connectivity index (χ2n) is 9.75. The highest BCUT2D eigenvalue weighted by molar-refractivity contribution is 5.88. The van der Waals surface area contributed by atoms with Crippen molar-refractivity contribution in [2.24, 2.45) is 0 Å². The van der Waals surface area contributed by atoms with Crippen LogP contribution in [-0.4, -0.2) is 29.3 Å². The predicted molar refractivity (Wildman–Crippen MR) is 148 cm³/mol. The normalized spacial score (nSPS) is 11.8. The van der Waals surface area contributed by atoms with Crippen LogP contribution in [0.2, 0.25) is 0 Å². The molecule has 0 bridgehead atoms. The highest BCUT2D eigenvalue weighted by Gasteiger charge is 2.30. The van der Waals surface area contributed by atoms with E-state index in [4.69, 9.17) is 0 Å². The lowest BCUT2D eigenvalue weighted by Crippen LogP contribution is -2.50. The first-order chi connectivity index (χ1) is 17.5. The van der Waals surface area contributed by atoms with Gasteiger partial charge < -0.3 is 10.2 Å². The van der Waals surface area contributed by atoms with E-state index in [1.165, 1.54) is 5.56 Å². The van der Waals surface area contributed by atoms with E-state index in [0.717, 1.165) is 29.5 Å². The molecule has 3 aromatic carbocycles. The summed E-state index contributed by atoms with van der Waals surface area (Å²) in [4.78, 5) is 28.9. The summed E-state index contributed by atoms with van der Waals surface area (Å²) in [6, 6.07) is 27.9. The van der Waals surface area contributed by atoms with E-state index in [1.54, 1.807) is 4.90 Å². The van der Waals surface area contributed by atoms with Crippen molar-refractivity contribution in [2.45, 2.75) is 71.4 Å². The summed E-state index contributed by atoms with van der Waals surface area (Å²) < 4.78 is 0. The van der Waals surface area contributed by atoms with Gasteiger partial charge in [-0.3, -0.25) is 9.59 Å². The van der Waals surface area contributed by atoms with E-state index in [9.17, 15) is 9.59 Å². The largest absolute Gasteiger partial charge is 0.354 e. The molecule has 1 unspecified atom stereocenters. The summed E-state index contributed by atoms with van der Waals surface area (Å²) in [6.07, 6.45) is 3.43. The molecule has 36 heavy (non-hydrogen) atoms. The van der Waals surface area contributed by atoms with E-state index in [0.29, 0.717) is 38.3 Å². The first-order valence-corrected chi connectivity index (χ1v) is 13.2. The number of carbonyl (C=O) groups is 2. The Morgan fingerprint density at radius 1 is 0.806 bits per heavy atom. The molecule has 4 nitrogen and oxygen atoms in total. The molecule has 1 atom stereocenters. The number of amides is 2. The molecule has 0 saturated carbocycles. The van der Waals surface area contributed by atoms with Gasteiger partial charge in [0, 0.05) is 25.9 Å². The maximum atomic E-state index is 13.7. The summed E-state index contributed by atoms with van der Waals surface area (Å²) in [6.45, 7) is 7.49. The number of aryl methyl sites for hydroxylation is 1. The Balaban J connectivity index is 1.83. The minimum Gasteiger partial charge on any atom is -0.354 e. The molecule has 1 N–H and O–H groups in total. The first kappa shape index (κ1) is 27.2. The van der Waals surface area contributed by atoms with Crippen LogP contribution in [0, 0.1) is 0 Å². The second kappa shape index (κ2) is 14.2. The van der Waals surface area contributed by atoms with Gasteiger partial charge in [-0.2, -0.15) is 0 Å². The van der Waals surface area contributed by atoms with Crippen molar-refractivity contribution in [3.63, 3.8) is 0 Å². The van der Waals surface area contributed by atoms with Crippen LogP contribution in [0.25, 0.3) is 0 Å². The summed E-state index contributed by atoms with van der Waals surface area (Å²) in [5.41, 5.74) is 4.50. The van der Waals surface area contributed by atoms with Gasteiger partial charge >= 0.3 is 0 Å². The van der Waals surface area contributed by atoms with Crippen LogP contribution >= 0.6 is 0 Å². The Labute approximate surface area is 216 Å². The fourth-order valence-electron chi connectivity index (χ4n) is 4.30. The van der Waals surface area contributed by atoms with E-state index < -0.39 is 6.04 Å². The molecule has 3 rings (SSSR count). The van der Waals surface area contributed by atoms with Crippen LogP contribution in [0.5, 0.6) is 0 Å². The van der Waals surface area contributed by atoms with Gasteiger partial charge in [-0.25, -0.2) is 0 Å². The molecular weight excluding hydrogens is 444 g/mol. The number of nitrogens with zero attached hydrogens (tertiary/aromatic N) is 1. The van der Waals surface area contributed by atoms with Crippen molar-refractivity contribution in [2.75, 3.05) is 6.54 Å². The molecule has 3 aromatic rings. The smallest absolute Gasteiger partial charge is 0.243 e. The molecule has 0 radical (unpaired) electrons. The lowest BCUT2D eigenvalue weighted by atomic mass is 9.99. The van der Waals surface area contributed by atoms with Crippen LogP contribution in [0.4, 0.5) is 0 Å². The van der Waals surface area contributed by atoms with Gasteiger partial charge in [-0.1, -0.05) is 112 Å². The average Bonchev–Trinajstić information content (AvgIpc) is 2.90. The van der Waals surface area contributed by atoms with Crippen molar-refractivity contribution in [1.82, 2.24) is 10.2 Å². The number of unbranched alkanes of at least 4 members (excludes halogenated alkanes) is 1. The van der Waals surface area contributed by atoms with E-state index in [1.807, 2.05) is 60.7 Å². The van der Waals surface area contributed by atoms with Crippen LogP contribution in [0.1, 0.15) is 68.2 Å². The van der Waals surface area contributed by atoms with E-state index in [-0.39, 0.29) is 11.8 Å². The Bertz CT molecular complexity index is 1060. The SMILES string of the molecule is CCCCNC(=O)C(Cc1ccccc1)N(Cc1ccccc1)C(=O)CCc1ccc(C(C)C)cc1.